The fourth-order valence-corrected chi connectivity index (χ4v) is 3.28. The Morgan fingerprint density at radius 3 is 2.58 bits per heavy atom. The van der Waals surface area contributed by atoms with Gasteiger partial charge in [-0.25, -0.2) is 0 Å². The molecule has 4 atom stereocenters. The highest BCUT2D eigenvalue weighted by molar-refractivity contribution is 5.85. The van der Waals surface area contributed by atoms with Crippen molar-refractivity contribution in [2.75, 3.05) is 19.6 Å². The summed E-state index contributed by atoms with van der Waals surface area (Å²) >= 11 is 0. The molecule has 1 aliphatic heterocycles. The number of nitrogens with one attached hydrogen (secondary N) is 1. The van der Waals surface area contributed by atoms with E-state index in [0.717, 1.165) is 32.0 Å². The third kappa shape index (κ3) is 3.83. The Morgan fingerprint density at radius 2 is 2.00 bits per heavy atom. The van der Waals surface area contributed by atoms with Crippen molar-refractivity contribution in [2.24, 2.45) is 23.5 Å². The van der Waals surface area contributed by atoms with Crippen molar-refractivity contribution in [2.45, 2.75) is 45.7 Å². The lowest BCUT2D eigenvalue weighted by Gasteiger charge is -2.25. The standard InChI is InChI=1S/C14H27N3O.ClH/c1-9(2)6-16-14(18)10(3)17-7-11-4-5-13(15)12(11)8-17;/h9-13H,4-8,15H2,1-3H3,(H,16,18);1H. The van der Waals surface area contributed by atoms with Crippen molar-refractivity contribution in [3.63, 3.8) is 0 Å². The van der Waals surface area contributed by atoms with E-state index in [0.29, 0.717) is 17.9 Å². The number of likely N-dealkylation sites (tertiary alicyclic amines) is 1. The van der Waals surface area contributed by atoms with Gasteiger partial charge in [0.1, 0.15) is 0 Å². The summed E-state index contributed by atoms with van der Waals surface area (Å²) in [5.74, 6) is 2.01. The van der Waals surface area contributed by atoms with Gasteiger partial charge in [-0.3, -0.25) is 9.69 Å². The molecule has 4 unspecified atom stereocenters. The normalized spacial score (nSPS) is 31.9. The highest BCUT2D eigenvalue weighted by Crippen LogP contribution is 2.37. The Labute approximate surface area is 122 Å². The van der Waals surface area contributed by atoms with E-state index in [9.17, 15) is 4.79 Å². The van der Waals surface area contributed by atoms with Gasteiger partial charge in [-0.15, -0.1) is 12.4 Å². The van der Waals surface area contributed by atoms with Gasteiger partial charge in [0.15, 0.2) is 0 Å². The molecule has 2 fully saturated rings. The van der Waals surface area contributed by atoms with Gasteiger partial charge in [0.25, 0.3) is 0 Å². The molecule has 0 aromatic rings. The summed E-state index contributed by atoms with van der Waals surface area (Å²) in [7, 11) is 0. The second-order valence-corrected chi connectivity index (χ2v) is 6.43. The second kappa shape index (κ2) is 6.91. The summed E-state index contributed by atoms with van der Waals surface area (Å²) < 4.78 is 0. The van der Waals surface area contributed by atoms with Crippen LogP contribution in [-0.2, 0) is 4.79 Å². The van der Waals surface area contributed by atoms with E-state index < -0.39 is 0 Å². The number of halogens is 1. The first-order valence-corrected chi connectivity index (χ1v) is 7.26. The molecule has 1 aliphatic carbocycles. The van der Waals surface area contributed by atoms with Crippen molar-refractivity contribution in [1.82, 2.24) is 10.2 Å². The first-order valence-electron chi connectivity index (χ1n) is 7.26. The Balaban J connectivity index is 0.00000180. The quantitative estimate of drug-likeness (QED) is 0.819. The van der Waals surface area contributed by atoms with Crippen molar-refractivity contribution >= 4 is 18.3 Å². The molecule has 1 amide bonds. The second-order valence-electron chi connectivity index (χ2n) is 6.43. The summed E-state index contributed by atoms with van der Waals surface area (Å²) in [4.78, 5) is 14.4. The minimum Gasteiger partial charge on any atom is -0.354 e. The maximum Gasteiger partial charge on any atom is 0.237 e. The number of hydrogen-bond acceptors (Lipinski definition) is 3. The Bertz CT molecular complexity index is 311. The number of amides is 1. The maximum atomic E-state index is 12.1. The van der Waals surface area contributed by atoms with Gasteiger partial charge in [0.05, 0.1) is 6.04 Å². The Kier molecular flexibility index (Phi) is 6.09. The van der Waals surface area contributed by atoms with Crippen molar-refractivity contribution < 1.29 is 4.79 Å². The number of fused-ring (bicyclic) bond motifs is 1. The lowest BCUT2D eigenvalue weighted by atomic mass is 9.98. The van der Waals surface area contributed by atoms with Crippen LogP contribution in [0, 0.1) is 17.8 Å². The van der Waals surface area contributed by atoms with Gasteiger partial charge in [-0.2, -0.15) is 0 Å². The molecule has 0 radical (unpaired) electrons. The van der Waals surface area contributed by atoms with Crippen LogP contribution in [0.15, 0.2) is 0 Å². The molecule has 2 aliphatic rings. The molecule has 4 nitrogen and oxygen atoms in total. The first-order chi connectivity index (χ1) is 8.49. The van der Waals surface area contributed by atoms with Crippen LogP contribution < -0.4 is 11.1 Å². The number of nitrogens with zero attached hydrogens (tertiary/aromatic N) is 1. The molecular weight excluding hydrogens is 262 g/mol. The summed E-state index contributed by atoms with van der Waals surface area (Å²) in [6.07, 6.45) is 2.40. The van der Waals surface area contributed by atoms with Gasteiger partial charge in [-0.1, -0.05) is 13.8 Å². The van der Waals surface area contributed by atoms with Crippen LogP contribution in [0.2, 0.25) is 0 Å². The topological polar surface area (TPSA) is 58.4 Å². The van der Waals surface area contributed by atoms with Gasteiger partial charge < -0.3 is 11.1 Å². The smallest absolute Gasteiger partial charge is 0.237 e. The molecule has 3 N–H and O–H groups in total. The van der Waals surface area contributed by atoms with E-state index in [1.165, 1.54) is 6.42 Å². The SMILES string of the molecule is CC(C)CNC(=O)C(C)N1CC2CCC(N)C2C1.Cl. The minimum atomic E-state index is -0.0125. The Hall–Kier alpha value is -0.320. The molecule has 112 valence electrons. The average molecular weight is 290 g/mol. The highest BCUT2D eigenvalue weighted by Gasteiger charge is 2.43. The van der Waals surface area contributed by atoms with Gasteiger partial charge in [0.2, 0.25) is 5.91 Å². The molecule has 2 rings (SSSR count). The fourth-order valence-electron chi connectivity index (χ4n) is 3.28. The van der Waals surface area contributed by atoms with Crippen molar-refractivity contribution in [3.8, 4) is 0 Å². The van der Waals surface area contributed by atoms with E-state index in [2.05, 4.69) is 24.1 Å². The molecule has 0 aromatic carbocycles. The lowest BCUT2D eigenvalue weighted by molar-refractivity contribution is -0.125. The van der Waals surface area contributed by atoms with Gasteiger partial charge in [-0.05, 0) is 37.5 Å². The molecule has 0 spiro atoms. The summed E-state index contributed by atoms with van der Waals surface area (Å²) in [6.45, 7) is 9.07. The van der Waals surface area contributed by atoms with E-state index in [1.807, 2.05) is 6.92 Å². The van der Waals surface area contributed by atoms with Crippen LogP contribution in [0.3, 0.4) is 0 Å². The van der Waals surface area contributed by atoms with Gasteiger partial charge in [0, 0.05) is 25.7 Å². The van der Waals surface area contributed by atoms with E-state index in [1.54, 1.807) is 0 Å². The Morgan fingerprint density at radius 1 is 1.32 bits per heavy atom. The number of carbonyl (C=O) groups excluding carboxylic acids is 1. The third-order valence-corrected chi connectivity index (χ3v) is 4.55. The van der Waals surface area contributed by atoms with E-state index in [4.69, 9.17) is 5.73 Å². The van der Waals surface area contributed by atoms with Crippen molar-refractivity contribution in [3.05, 3.63) is 0 Å². The molecule has 1 heterocycles. The molecular formula is C14H28ClN3O. The predicted octanol–water partition coefficient (Wildman–Crippen LogP) is 1.24. The van der Waals surface area contributed by atoms with Crippen LogP contribution in [0.5, 0.6) is 0 Å². The van der Waals surface area contributed by atoms with Crippen LogP contribution >= 0.6 is 12.4 Å². The van der Waals surface area contributed by atoms with E-state index in [-0.39, 0.29) is 24.4 Å². The van der Waals surface area contributed by atoms with Crippen LogP contribution in [-0.4, -0.2) is 42.5 Å². The fraction of sp³-hybridized carbons (Fsp3) is 0.929. The molecule has 0 aromatic heterocycles. The van der Waals surface area contributed by atoms with Crippen LogP contribution in [0.25, 0.3) is 0 Å². The molecule has 1 saturated carbocycles. The summed E-state index contributed by atoms with van der Waals surface area (Å²) in [5.41, 5.74) is 6.13. The zero-order valence-corrected chi connectivity index (χ0v) is 13.1. The minimum absolute atomic E-state index is 0. The number of carbonyl (C=O) groups is 1. The van der Waals surface area contributed by atoms with E-state index >= 15 is 0 Å². The maximum absolute atomic E-state index is 12.1. The molecule has 0 bridgehead atoms. The van der Waals surface area contributed by atoms with Crippen LogP contribution in [0.4, 0.5) is 0 Å². The zero-order valence-electron chi connectivity index (χ0n) is 12.3. The summed E-state index contributed by atoms with van der Waals surface area (Å²) in [6, 6.07) is 0.340. The zero-order chi connectivity index (χ0) is 13.3. The molecule has 1 saturated heterocycles. The monoisotopic (exact) mass is 289 g/mol. The number of hydrogen-bond donors (Lipinski definition) is 2. The lowest BCUT2D eigenvalue weighted by Crippen LogP contribution is -2.45. The van der Waals surface area contributed by atoms with Crippen molar-refractivity contribution in [1.29, 1.82) is 0 Å². The molecule has 19 heavy (non-hydrogen) atoms. The average Bonchev–Trinajstić information content (AvgIpc) is 2.88. The largest absolute Gasteiger partial charge is 0.354 e. The van der Waals surface area contributed by atoms with Gasteiger partial charge >= 0.3 is 0 Å². The highest BCUT2D eigenvalue weighted by atomic mass is 35.5. The summed E-state index contributed by atoms with van der Waals surface area (Å²) in [5, 5.41) is 3.02. The number of rotatable bonds is 4. The first kappa shape index (κ1) is 16.7. The predicted molar refractivity (Wildman–Crippen MR) is 80.3 cm³/mol. The molecule has 5 heteroatoms. The number of nitrogens with two attached hydrogens (primary N) is 1. The third-order valence-electron chi connectivity index (χ3n) is 4.55. The van der Waals surface area contributed by atoms with Crippen LogP contribution in [0.1, 0.15) is 33.6 Å².